The van der Waals surface area contributed by atoms with Crippen molar-refractivity contribution in [2.45, 2.75) is 53.1 Å². The third-order valence-electron chi connectivity index (χ3n) is 4.01. The summed E-state index contributed by atoms with van der Waals surface area (Å²) in [4.78, 5) is 23.6. The number of rotatable bonds is 6. The van der Waals surface area contributed by atoms with Crippen LogP contribution in [0.3, 0.4) is 0 Å². The highest BCUT2D eigenvalue weighted by atomic mass is 16.2. The molecule has 0 atom stereocenters. The number of anilines is 2. The van der Waals surface area contributed by atoms with Gasteiger partial charge in [-0.2, -0.15) is 0 Å². The Hall–Kier alpha value is -2.10. The van der Waals surface area contributed by atoms with Crippen LogP contribution >= 0.6 is 0 Å². The smallest absolute Gasteiger partial charge is 0.253 e. The van der Waals surface area contributed by atoms with Gasteiger partial charge in [0.15, 0.2) is 0 Å². The molecule has 0 radical (unpaired) electrons. The van der Waals surface area contributed by atoms with E-state index in [2.05, 4.69) is 28.8 Å². The van der Waals surface area contributed by atoms with E-state index in [-0.39, 0.29) is 5.54 Å². The zero-order valence-electron chi connectivity index (χ0n) is 14.0. The second-order valence-electron chi connectivity index (χ2n) is 6.62. The number of nitrogens with one attached hydrogen (secondary N) is 2. The second-order valence-corrected chi connectivity index (χ2v) is 6.62. The van der Waals surface area contributed by atoms with Gasteiger partial charge in [-0.25, -0.2) is 0 Å². The van der Waals surface area contributed by atoms with E-state index in [0.29, 0.717) is 17.9 Å². The summed E-state index contributed by atoms with van der Waals surface area (Å²) < 4.78 is 0. The van der Waals surface area contributed by atoms with Crippen LogP contribution in [0, 0.1) is 13.8 Å². The predicted octanol–water partition coefficient (Wildman–Crippen LogP) is 3.11. The van der Waals surface area contributed by atoms with Crippen LogP contribution in [0.5, 0.6) is 0 Å². The molecule has 0 fully saturated rings. The third kappa shape index (κ3) is 3.38. The summed E-state index contributed by atoms with van der Waals surface area (Å²) >= 11 is 0. The van der Waals surface area contributed by atoms with Gasteiger partial charge in [0.1, 0.15) is 11.4 Å². The molecule has 0 saturated heterocycles. The second kappa shape index (κ2) is 5.95. The molecule has 4 heteroatoms. The molecule has 2 aromatic rings. The number of hydrogen-bond acceptors (Lipinski definition) is 4. The maximum atomic E-state index is 11.8. The summed E-state index contributed by atoms with van der Waals surface area (Å²) in [6, 6.07) is 6.26. The largest absolute Gasteiger partial charge is 0.376 e. The average Bonchev–Trinajstić information content (AvgIpc) is 2.44. The lowest BCUT2D eigenvalue weighted by Crippen LogP contribution is -2.42. The van der Waals surface area contributed by atoms with Gasteiger partial charge in [0, 0.05) is 12.1 Å². The Balaban J connectivity index is 2.16. The van der Waals surface area contributed by atoms with E-state index in [1.165, 1.54) is 11.1 Å². The van der Waals surface area contributed by atoms with Crippen LogP contribution in [0.2, 0.25) is 0 Å². The lowest BCUT2D eigenvalue weighted by atomic mass is 10.00. The molecule has 118 valence electrons. The molecule has 0 aliphatic rings. The van der Waals surface area contributed by atoms with Crippen LogP contribution in [0.25, 0.3) is 0 Å². The fraction of sp³-hybridized carbons (Fsp3) is 0.444. The fourth-order valence-electron chi connectivity index (χ4n) is 2.47. The van der Waals surface area contributed by atoms with E-state index in [1.807, 2.05) is 34.6 Å². The van der Waals surface area contributed by atoms with Gasteiger partial charge in [0.25, 0.3) is 10.9 Å². The predicted molar refractivity (Wildman–Crippen MR) is 92.6 cm³/mol. The van der Waals surface area contributed by atoms with Gasteiger partial charge in [0.05, 0.1) is 0 Å². The molecule has 2 rings (SSSR count). The van der Waals surface area contributed by atoms with E-state index in [4.69, 9.17) is 0 Å². The summed E-state index contributed by atoms with van der Waals surface area (Å²) in [5, 5.41) is 6.29. The Morgan fingerprint density at radius 1 is 0.955 bits per heavy atom. The summed E-state index contributed by atoms with van der Waals surface area (Å²) in [6.07, 6.45) is 0.863. The molecular formula is C18H24N2O2. The minimum absolute atomic E-state index is 0.210. The zero-order chi connectivity index (χ0) is 16.5. The lowest BCUT2D eigenvalue weighted by Gasteiger charge is -2.27. The molecular weight excluding hydrogens is 276 g/mol. The Kier molecular flexibility index (Phi) is 4.40. The van der Waals surface area contributed by atoms with Gasteiger partial charge in [-0.1, -0.05) is 36.2 Å². The minimum atomic E-state index is -0.432. The monoisotopic (exact) mass is 300 g/mol. The summed E-state index contributed by atoms with van der Waals surface area (Å²) in [5.41, 5.74) is 3.24. The third-order valence-corrected chi connectivity index (χ3v) is 4.01. The SMILES string of the molecule is CCC(C)(C)Nc1c(NCc2cc(C)cc(C)c2)c(=O)c1=O. The first-order chi connectivity index (χ1) is 10.2. The first-order valence-corrected chi connectivity index (χ1v) is 7.66. The molecule has 2 N–H and O–H groups in total. The van der Waals surface area contributed by atoms with Crippen LogP contribution in [-0.2, 0) is 6.54 Å². The molecule has 0 aliphatic carbocycles. The average molecular weight is 300 g/mol. The van der Waals surface area contributed by atoms with E-state index in [0.717, 1.165) is 12.0 Å². The van der Waals surface area contributed by atoms with Gasteiger partial charge >= 0.3 is 0 Å². The highest BCUT2D eigenvalue weighted by Gasteiger charge is 2.25. The Bertz CT molecular complexity index is 733. The molecule has 0 aliphatic heterocycles. The fourth-order valence-corrected chi connectivity index (χ4v) is 2.47. The van der Waals surface area contributed by atoms with E-state index < -0.39 is 10.9 Å². The summed E-state index contributed by atoms with van der Waals surface area (Å²) in [7, 11) is 0. The van der Waals surface area contributed by atoms with Gasteiger partial charge in [-0.3, -0.25) is 9.59 Å². The Morgan fingerprint density at radius 3 is 2.05 bits per heavy atom. The quantitative estimate of drug-likeness (QED) is 0.805. The molecule has 22 heavy (non-hydrogen) atoms. The van der Waals surface area contributed by atoms with E-state index in [9.17, 15) is 9.59 Å². The summed E-state index contributed by atoms with van der Waals surface area (Å²) in [6.45, 7) is 10.7. The molecule has 0 amide bonds. The maximum absolute atomic E-state index is 11.8. The van der Waals surface area contributed by atoms with Crippen molar-refractivity contribution in [2.24, 2.45) is 0 Å². The van der Waals surface area contributed by atoms with Crippen LogP contribution in [0.1, 0.15) is 43.9 Å². The van der Waals surface area contributed by atoms with Crippen molar-refractivity contribution in [3.8, 4) is 0 Å². The molecule has 0 saturated carbocycles. The van der Waals surface area contributed by atoms with Crippen molar-refractivity contribution in [1.82, 2.24) is 0 Å². The number of aryl methyl sites for hydroxylation is 2. The van der Waals surface area contributed by atoms with Crippen molar-refractivity contribution in [1.29, 1.82) is 0 Å². The molecule has 0 spiro atoms. The minimum Gasteiger partial charge on any atom is -0.376 e. The van der Waals surface area contributed by atoms with Crippen molar-refractivity contribution in [2.75, 3.05) is 10.6 Å². The normalized spacial score (nSPS) is 11.7. The lowest BCUT2D eigenvalue weighted by molar-refractivity contribution is 0.546. The van der Waals surface area contributed by atoms with E-state index in [1.54, 1.807) is 0 Å². The van der Waals surface area contributed by atoms with Crippen molar-refractivity contribution in [3.05, 3.63) is 55.3 Å². The zero-order valence-corrected chi connectivity index (χ0v) is 14.0. The molecule has 0 unspecified atom stereocenters. The van der Waals surface area contributed by atoms with Crippen LogP contribution in [-0.4, -0.2) is 5.54 Å². The summed E-state index contributed by atoms with van der Waals surface area (Å²) in [5.74, 6) is 0. The van der Waals surface area contributed by atoms with Crippen molar-refractivity contribution < 1.29 is 0 Å². The van der Waals surface area contributed by atoms with Crippen LogP contribution in [0.15, 0.2) is 27.8 Å². The van der Waals surface area contributed by atoms with Gasteiger partial charge in [-0.05, 0) is 39.7 Å². The molecule has 0 aromatic heterocycles. The highest BCUT2D eigenvalue weighted by Crippen LogP contribution is 2.22. The molecule has 2 aromatic carbocycles. The van der Waals surface area contributed by atoms with Gasteiger partial charge in [-0.15, -0.1) is 0 Å². The molecule has 4 nitrogen and oxygen atoms in total. The number of hydrogen-bond donors (Lipinski definition) is 2. The molecule has 0 heterocycles. The number of benzene rings is 1. The maximum Gasteiger partial charge on any atom is 0.253 e. The van der Waals surface area contributed by atoms with Crippen LogP contribution < -0.4 is 21.5 Å². The van der Waals surface area contributed by atoms with E-state index >= 15 is 0 Å². The van der Waals surface area contributed by atoms with Crippen molar-refractivity contribution in [3.63, 3.8) is 0 Å². The van der Waals surface area contributed by atoms with Gasteiger partial charge in [0.2, 0.25) is 0 Å². The highest BCUT2D eigenvalue weighted by molar-refractivity contribution is 5.74. The first-order valence-electron chi connectivity index (χ1n) is 7.66. The van der Waals surface area contributed by atoms with Crippen LogP contribution in [0.4, 0.5) is 11.4 Å². The molecule has 0 bridgehead atoms. The van der Waals surface area contributed by atoms with Crippen molar-refractivity contribution >= 4 is 11.4 Å². The Morgan fingerprint density at radius 2 is 1.50 bits per heavy atom. The Labute approximate surface area is 131 Å². The first kappa shape index (κ1) is 16.3. The topological polar surface area (TPSA) is 58.2 Å². The standard InChI is InChI=1S/C18H24N2O2/c1-6-18(4,5)20-15-14(16(21)17(15)22)19-10-13-8-11(2)7-12(3)9-13/h7-9,19-20H,6,10H2,1-5H3. The van der Waals surface area contributed by atoms with Gasteiger partial charge < -0.3 is 10.6 Å².